The van der Waals surface area contributed by atoms with Crippen LogP contribution in [-0.2, 0) is 14.3 Å². The molecule has 1 fully saturated rings. The van der Waals surface area contributed by atoms with E-state index < -0.39 is 5.92 Å². The Morgan fingerprint density at radius 1 is 0.917 bits per heavy atom. The molecule has 1 saturated carbocycles. The molecule has 2 aromatic carbocycles. The number of ketones is 1. The summed E-state index contributed by atoms with van der Waals surface area (Å²) in [5.74, 6) is 0.420. The van der Waals surface area contributed by atoms with Gasteiger partial charge in [-0.2, -0.15) is 0 Å². The van der Waals surface area contributed by atoms with Crippen LogP contribution in [0.2, 0.25) is 0 Å². The number of rotatable bonds is 6. The first-order valence-corrected chi connectivity index (χ1v) is 12.7. The molecule has 6 nitrogen and oxygen atoms in total. The number of carbonyl (C=O) groups is 2. The Balaban J connectivity index is 1.58. The van der Waals surface area contributed by atoms with E-state index in [0.717, 1.165) is 48.2 Å². The predicted octanol–water partition coefficient (Wildman–Crippen LogP) is 5.55. The third-order valence-corrected chi connectivity index (χ3v) is 7.64. The highest BCUT2D eigenvalue weighted by Crippen LogP contribution is 2.47. The largest absolute Gasteiger partial charge is 0.493 e. The fraction of sp³-hybridized carbons (Fsp3) is 0.400. The van der Waals surface area contributed by atoms with Crippen LogP contribution >= 0.6 is 0 Å². The van der Waals surface area contributed by atoms with Gasteiger partial charge >= 0.3 is 5.97 Å². The molecule has 2 atom stereocenters. The number of benzene rings is 2. The van der Waals surface area contributed by atoms with E-state index in [4.69, 9.17) is 14.2 Å². The minimum atomic E-state index is -0.529. The Morgan fingerprint density at radius 2 is 1.64 bits per heavy atom. The van der Waals surface area contributed by atoms with Gasteiger partial charge in [0.15, 0.2) is 17.3 Å². The lowest BCUT2D eigenvalue weighted by Crippen LogP contribution is -2.36. The molecule has 188 valence electrons. The number of hydrogen-bond donors (Lipinski definition) is 1. The Hall–Kier alpha value is -3.54. The summed E-state index contributed by atoms with van der Waals surface area (Å²) in [5.41, 5.74) is 4.73. The second-order valence-corrected chi connectivity index (χ2v) is 9.85. The molecule has 1 heterocycles. The van der Waals surface area contributed by atoms with Gasteiger partial charge in [0.2, 0.25) is 0 Å². The lowest BCUT2D eigenvalue weighted by atomic mass is 9.71. The number of dihydropyridines is 1. The van der Waals surface area contributed by atoms with Crippen LogP contribution in [0.3, 0.4) is 0 Å². The number of esters is 1. The monoisotopic (exact) mass is 487 g/mol. The molecule has 0 saturated heterocycles. The minimum Gasteiger partial charge on any atom is -0.493 e. The second kappa shape index (κ2) is 10.2. The molecule has 1 N–H and O–H groups in total. The quantitative estimate of drug-likeness (QED) is 0.539. The van der Waals surface area contributed by atoms with E-state index >= 15 is 0 Å². The molecule has 0 amide bonds. The average Bonchev–Trinajstić information content (AvgIpc) is 3.40. The third-order valence-electron chi connectivity index (χ3n) is 7.64. The van der Waals surface area contributed by atoms with E-state index in [0.29, 0.717) is 35.5 Å². The van der Waals surface area contributed by atoms with Gasteiger partial charge < -0.3 is 19.5 Å². The van der Waals surface area contributed by atoms with Crippen molar-refractivity contribution in [3.05, 3.63) is 82.2 Å². The fourth-order valence-corrected chi connectivity index (χ4v) is 5.86. The van der Waals surface area contributed by atoms with Crippen molar-refractivity contribution in [2.45, 2.75) is 63.4 Å². The summed E-state index contributed by atoms with van der Waals surface area (Å²) in [7, 11) is 3.17. The van der Waals surface area contributed by atoms with Gasteiger partial charge in [0.25, 0.3) is 0 Å². The van der Waals surface area contributed by atoms with Gasteiger partial charge in [0.05, 0.1) is 19.8 Å². The van der Waals surface area contributed by atoms with Crippen molar-refractivity contribution in [3.63, 3.8) is 0 Å². The van der Waals surface area contributed by atoms with E-state index in [1.807, 2.05) is 43.3 Å². The van der Waals surface area contributed by atoms with Crippen molar-refractivity contribution in [2.24, 2.45) is 0 Å². The smallest absolute Gasteiger partial charge is 0.337 e. The van der Waals surface area contributed by atoms with E-state index in [1.165, 1.54) is 0 Å². The summed E-state index contributed by atoms with van der Waals surface area (Å²) in [6, 6.07) is 15.8. The molecule has 0 radical (unpaired) electrons. The molecule has 5 rings (SSSR count). The normalized spacial score (nSPS) is 22.2. The van der Waals surface area contributed by atoms with Gasteiger partial charge in [0, 0.05) is 29.3 Å². The van der Waals surface area contributed by atoms with Gasteiger partial charge in [0.1, 0.15) is 6.10 Å². The number of Topliss-reactive ketones (excluding diaryl/α,β-unsaturated/α-hetero) is 1. The molecular formula is C30H33NO5. The highest BCUT2D eigenvalue weighted by molar-refractivity contribution is 6.04. The SMILES string of the molecule is COc1ccc([C@H]2C(C(=O)OC3CCCC3)=C(C)NC3=C2C(=O)C[C@H](c2ccccc2)C3)cc1OC. The average molecular weight is 488 g/mol. The van der Waals surface area contributed by atoms with Crippen LogP contribution in [-0.4, -0.2) is 32.1 Å². The topological polar surface area (TPSA) is 73.9 Å². The van der Waals surface area contributed by atoms with E-state index in [-0.39, 0.29) is 23.8 Å². The molecule has 2 aliphatic carbocycles. The Labute approximate surface area is 212 Å². The molecule has 0 aromatic heterocycles. The number of ether oxygens (including phenoxy) is 3. The molecule has 0 spiro atoms. The third kappa shape index (κ3) is 4.52. The summed E-state index contributed by atoms with van der Waals surface area (Å²) in [5, 5.41) is 3.44. The Bertz CT molecular complexity index is 1220. The van der Waals surface area contributed by atoms with Gasteiger partial charge in [-0.05, 0) is 68.2 Å². The van der Waals surface area contributed by atoms with Gasteiger partial charge in [-0.25, -0.2) is 4.79 Å². The molecule has 0 unspecified atom stereocenters. The molecule has 36 heavy (non-hydrogen) atoms. The second-order valence-electron chi connectivity index (χ2n) is 9.85. The zero-order valence-corrected chi connectivity index (χ0v) is 21.1. The van der Waals surface area contributed by atoms with E-state index in [2.05, 4.69) is 17.4 Å². The zero-order chi connectivity index (χ0) is 25.2. The number of nitrogens with one attached hydrogen (secondary N) is 1. The maximum Gasteiger partial charge on any atom is 0.337 e. The molecular weight excluding hydrogens is 454 g/mol. The maximum atomic E-state index is 13.8. The van der Waals surface area contributed by atoms with Gasteiger partial charge in [-0.3, -0.25) is 4.79 Å². The molecule has 6 heteroatoms. The van der Waals surface area contributed by atoms with Crippen LogP contribution in [0.15, 0.2) is 71.1 Å². The van der Waals surface area contributed by atoms with Crippen LogP contribution in [0.1, 0.15) is 68.4 Å². The van der Waals surface area contributed by atoms with E-state index in [9.17, 15) is 9.59 Å². The van der Waals surface area contributed by atoms with Crippen LogP contribution in [0.4, 0.5) is 0 Å². The standard InChI is InChI=1S/C30H33NO5/c1-18-27(30(33)36-22-11-7-8-12-22)28(20-13-14-25(34-2)26(17-20)35-3)29-23(31-18)15-21(16-24(29)32)19-9-5-4-6-10-19/h4-6,9-10,13-14,17,21-22,28,31H,7-8,11-12,15-16H2,1-3H3/t21-,28+/m1/s1. The predicted molar refractivity (Wildman–Crippen MR) is 137 cm³/mol. The van der Waals surface area contributed by atoms with Gasteiger partial charge in [-0.1, -0.05) is 36.4 Å². The minimum absolute atomic E-state index is 0.0519. The fourth-order valence-electron chi connectivity index (χ4n) is 5.86. The number of methoxy groups -OCH3 is 2. The zero-order valence-electron chi connectivity index (χ0n) is 21.1. The van der Waals surface area contributed by atoms with Crippen molar-refractivity contribution in [1.82, 2.24) is 5.32 Å². The van der Waals surface area contributed by atoms with Crippen LogP contribution in [0.25, 0.3) is 0 Å². The highest BCUT2D eigenvalue weighted by atomic mass is 16.5. The van der Waals surface area contributed by atoms with Gasteiger partial charge in [-0.15, -0.1) is 0 Å². The first-order chi connectivity index (χ1) is 17.5. The molecule has 0 bridgehead atoms. The summed E-state index contributed by atoms with van der Waals surface area (Å²) in [4.78, 5) is 27.3. The Morgan fingerprint density at radius 3 is 2.33 bits per heavy atom. The Kier molecular flexibility index (Phi) is 6.86. The maximum absolute atomic E-state index is 13.8. The highest BCUT2D eigenvalue weighted by Gasteiger charge is 2.42. The number of hydrogen-bond acceptors (Lipinski definition) is 6. The van der Waals surface area contributed by atoms with Crippen molar-refractivity contribution >= 4 is 11.8 Å². The summed E-state index contributed by atoms with van der Waals surface area (Å²) in [6.45, 7) is 1.90. The summed E-state index contributed by atoms with van der Waals surface area (Å²) < 4.78 is 16.9. The molecule has 2 aromatic rings. The van der Waals surface area contributed by atoms with Crippen LogP contribution in [0, 0.1) is 0 Å². The number of allylic oxidation sites excluding steroid dienone is 3. The van der Waals surface area contributed by atoms with Crippen molar-refractivity contribution in [3.8, 4) is 11.5 Å². The first-order valence-electron chi connectivity index (χ1n) is 12.7. The number of carbonyl (C=O) groups excluding carboxylic acids is 2. The van der Waals surface area contributed by atoms with Crippen LogP contribution in [0.5, 0.6) is 11.5 Å². The lowest BCUT2D eigenvalue weighted by Gasteiger charge is -2.37. The summed E-state index contributed by atoms with van der Waals surface area (Å²) >= 11 is 0. The van der Waals surface area contributed by atoms with Crippen molar-refractivity contribution in [1.29, 1.82) is 0 Å². The molecule has 3 aliphatic rings. The van der Waals surface area contributed by atoms with Crippen LogP contribution < -0.4 is 14.8 Å². The van der Waals surface area contributed by atoms with Crippen molar-refractivity contribution in [2.75, 3.05) is 14.2 Å². The van der Waals surface area contributed by atoms with Crippen molar-refractivity contribution < 1.29 is 23.8 Å². The molecule has 1 aliphatic heterocycles. The lowest BCUT2D eigenvalue weighted by molar-refractivity contribution is -0.144. The summed E-state index contributed by atoms with van der Waals surface area (Å²) in [6.07, 6.45) is 4.96. The van der Waals surface area contributed by atoms with E-state index in [1.54, 1.807) is 14.2 Å². The first kappa shape index (κ1) is 24.2.